The smallest absolute Gasteiger partial charge is 0.407 e. The van der Waals surface area contributed by atoms with E-state index in [4.69, 9.17) is 4.74 Å². The number of ether oxygens (including phenoxy) is 1. The van der Waals surface area contributed by atoms with Crippen molar-refractivity contribution in [3.63, 3.8) is 0 Å². The Hall–Kier alpha value is -2.43. The number of sulfone groups is 1. The first-order chi connectivity index (χ1) is 15.6. The third-order valence-electron chi connectivity index (χ3n) is 6.34. The van der Waals surface area contributed by atoms with Gasteiger partial charge in [0.25, 0.3) is 5.91 Å². The number of piperidine rings is 1. The fourth-order valence-electron chi connectivity index (χ4n) is 4.52. The molecule has 0 bridgehead atoms. The second-order valence-electron chi connectivity index (χ2n) is 8.59. The quantitative estimate of drug-likeness (QED) is 0.661. The lowest BCUT2D eigenvalue weighted by Crippen LogP contribution is -2.49. The Morgan fingerprint density at radius 2 is 1.91 bits per heavy atom. The zero-order chi connectivity index (χ0) is 23.8. The van der Waals surface area contributed by atoms with Gasteiger partial charge in [0.2, 0.25) is 0 Å². The van der Waals surface area contributed by atoms with Crippen LogP contribution in [0.3, 0.4) is 0 Å². The summed E-state index contributed by atoms with van der Waals surface area (Å²) in [4.78, 5) is 27.5. The number of hydrogen-bond acceptors (Lipinski definition) is 6. The van der Waals surface area contributed by atoms with Crippen molar-refractivity contribution >= 4 is 33.2 Å². The number of hydrogen-bond donors (Lipinski definition) is 2. The van der Waals surface area contributed by atoms with Gasteiger partial charge in [0.05, 0.1) is 21.6 Å². The van der Waals surface area contributed by atoms with Crippen molar-refractivity contribution in [2.75, 3.05) is 18.8 Å². The highest BCUT2D eigenvalue weighted by Gasteiger charge is 2.45. The van der Waals surface area contributed by atoms with E-state index in [0.717, 1.165) is 22.4 Å². The van der Waals surface area contributed by atoms with Crippen molar-refractivity contribution in [3.8, 4) is 0 Å². The minimum absolute atomic E-state index is 0.00250. The Bertz CT molecular complexity index is 1150. The molecule has 1 unspecified atom stereocenters. The molecule has 10 heteroatoms. The van der Waals surface area contributed by atoms with E-state index in [0.29, 0.717) is 37.4 Å². The number of thiophene rings is 1. The van der Waals surface area contributed by atoms with Gasteiger partial charge in [-0.25, -0.2) is 13.2 Å². The van der Waals surface area contributed by atoms with Gasteiger partial charge >= 0.3 is 6.09 Å². The predicted molar refractivity (Wildman–Crippen MR) is 124 cm³/mol. The van der Waals surface area contributed by atoms with Crippen molar-refractivity contribution in [1.29, 1.82) is 0 Å². The molecule has 1 saturated heterocycles. The SMILES string of the molecule is CCS(=O)(=O)c1ccc(CNC(=O)c2cc3c(s2)C2(CCN(C(=O)O)CC2)OC(C)C3)cc1. The molecule has 178 valence electrons. The zero-order valence-electron chi connectivity index (χ0n) is 18.7. The van der Waals surface area contributed by atoms with E-state index in [1.54, 1.807) is 31.2 Å². The first-order valence-corrected chi connectivity index (χ1v) is 13.5. The van der Waals surface area contributed by atoms with Crippen molar-refractivity contribution < 1.29 is 27.9 Å². The molecule has 1 fully saturated rings. The van der Waals surface area contributed by atoms with E-state index >= 15 is 0 Å². The molecule has 1 aromatic heterocycles. The summed E-state index contributed by atoms with van der Waals surface area (Å²) in [7, 11) is -3.25. The lowest BCUT2D eigenvalue weighted by Gasteiger charge is -2.45. The third kappa shape index (κ3) is 4.78. The molecule has 1 atom stereocenters. The molecule has 2 aromatic rings. The monoisotopic (exact) mass is 492 g/mol. The second-order valence-corrected chi connectivity index (χ2v) is 11.9. The number of carbonyl (C=O) groups excluding carboxylic acids is 1. The maximum atomic E-state index is 12.9. The average molecular weight is 493 g/mol. The largest absolute Gasteiger partial charge is 0.465 e. The summed E-state index contributed by atoms with van der Waals surface area (Å²) in [5, 5.41) is 12.2. The molecule has 8 nitrogen and oxygen atoms in total. The molecule has 33 heavy (non-hydrogen) atoms. The lowest BCUT2D eigenvalue weighted by molar-refractivity contribution is -0.128. The van der Waals surface area contributed by atoms with Gasteiger partial charge in [0.1, 0.15) is 5.60 Å². The number of carbonyl (C=O) groups is 2. The molecular weight excluding hydrogens is 464 g/mol. The van der Waals surface area contributed by atoms with E-state index in [-0.39, 0.29) is 22.7 Å². The van der Waals surface area contributed by atoms with E-state index in [1.165, 1.54) is 16.2 Å². The Kier molecular flexibility index (Phi) is 6.52. The highest BCUT2D eigenvalue weighted by Crippen LogP contribution is 2.47. The van der Waals surface area contributed by atoms with Crippen molar-refractivity contribution in [2.24, 2.45) is 0 Å². The Morgan fingerprint density at radius 3 is 2.52 bits per heavy atom. The van der Waals surface area contributed by atoms with Gasteiger partial charge in [0.15, 0.2) is 9.84 Å². The van der Waals surface area contributed by atoms with E-state index < -0.39 is 21.5 Å². The van der Waals surface area contributed by atoms with Crippen LogP contribution in [0, 0.1) is 0 Å². The minimum atomic E-state index is -3.25. The molecule has 1 spiro atoms. The van der Waals surface area contributed by atoms with Gasteiger partial charge < -0.3 is 20.1 Å². The Morgan fingerprint density at radius 1 is 1.24 bits per heavy atom. The molecule has 4 rings (SSSR count). The van der Waals surface area contributed by atoms with Crippen LogP contribution in [-0.2, 0) is 33.1 Å². The second kappa shape index (κ2) is 9.08. The molecule has 2 aliphatic rings. The molecule has 0 aliphatic carbocycles. The number of likely N-dealkylation sites (tertiary alicyclic amines) is 1. The number of nitrogens with one attached hydrogen (secondary N) is 1. The first kappa shape index (κ1) is 23.7. The van der Waals surface area contributed by atoms with Crippen LogP contribution in [0.1, 0.15) is 52.4 Å². The average Bonchev–Trinajstić information content (AvgIpc) is 3.23. The fraction of sp³-hybridized carbons (Fsp3) is 0.478. The molecule has 2 amide bonds. The highest BCUT2D eigenvalue weighted by atomic mass is 32.2. The van der Waals surface area contributed by atoms with Gasteiger partial charge in [-0.15, -0.1) is 11.3 Å². The number of nitrogens with zero attached hydrogens (tertiary/aromatic N) is 1. The maximum absolute atomic E-state index is 12.9. The van der Waals surface area contributed by atoms with Crippen molar-refractivity contribution in [1.82, 2.24) is 10.2 Å². The number of benzene rings is 1. The Labute approximate surface area is 197 Å². The molecule has 0 radical (unpaired) electrons. The van der Waals surface area contributed by atoms with Gasteiger partial charge in [-0.2, -0.15) is 0 Å². The number of carboxylic acid groups (broad SMARTS) is 1. The van der Waals surface area contributed by atoms with Gasteiger partial charge in [-0.05, 0) is 55.5 Å². The van der Waals surface area contributed by atoms with E-state index in [2.05, 4.69) is 5.32 Å². The van der Waals surface area contributed by atoms with Crippen LogP contribution in [0.25, 0.3) is 0 Å². The van der Waals surface area contributed by atoms with E-state index in [9.17, 15) is 23.1 Å². The first-order valence-electron chi connectivity index (χ1n) is 11.0. The summed E-state index contributed by atoms with van der Waals surface area (Å²) < 4.78 is 30.3. The number of amides is 2. The molecule has 2 aliphatic heterocycles. The van der Waals surface area contributed by atoms with Crippen LogP contribution in [-0.4, -0.2) is 55.4 Å². The summed E-state index contributed by atoms with van der Waals surface area (Å²) in [6.07, 6.45) is 0.950. The molecule has 0 saturated carbocycles. The fourth-order valence-corrected chi connectivity index (χ4v) is 6.70. The standard InChI is InChI=1S/C23H28N2O6S2/c1-3-33(29,30)18-6-4-16(5-7-18)14-24-21(26)19-13-17-12-15(2)31-23(20(17)32-19)8-10-25(11-9-23)22(27)28/h4-7,13,15H,3,8-12,14H2,1-2H3,(H,24,26)(H,27,28). The topological polar surface area (TPSA) is 113 Å². The van der Waals surface area contributed by atoms with Crippen LogP contribution < -0.4 is 5.32 Å². The van der Waals surface area contributed by atoms with E-state index in [1.807, 2.05) is 13.0 Å². The molecule has 3 heterocycles. The maximum Gasteiger partial charge on any atom is 0.407 e. The van der Waals surface area contributed by atoms with Crippen molar-refractivity contribution in [3.05, 3.63) is 51.2 Å². The van der Waals surface area contributed by atoms with Gasteiger partial charge in [-0.3, -0.25) is 4.79 Å². The van der Waals surface area contributed by atoms with Gasteiger partial charge in [-0.1, -0.05) is 19.1 Å². The van der Waals surface area contributed by atoms with Gasteiger partial charge in [0, 0.05) is 24.5 Å². The minimum Gasteiger partial charge on any atom is -0.465 e. The molecule has 1 aromatic carbocycles. The number of rotatable bonds is 5. The summed E-state index contributed by atoms with van der Waals surface area (Å²) >= 11 is 1.42. The molecular formula is C23H28N2O6S2. The number of fused-ring (bicyclic) bond motifs is 2. The van der Waals surface area contributed by atoms with Crippen molar-refractivity contribution in [2.45, 2.75) is 56.3 Å². The highest BCUT2D eigenvalue weighted by molar-refractivity contribution is 7.91. The molecule has 2 N–H and O–H groups in total. The third-order valence-corrected chi connectivity index (χ3v) is 9.45. The van der Waals surface area contributed by atoms with Crippen LogP contribution in [0.5, 0.6) is 0 Å². The Balaban J connectivity index is 1.47. The summed E-state index contributed by atoms with van der Waals surface area (Å²) in [6.45, 7) is 4.72. The van der Waals surface area contributed by atoms with Crippen LogP contribution in [0.4, 0.5) is 4.79 Å². The normalized spacial score (nSPS) is 19.8. The zero-order valence-corrected chi connectivity index (χ0v) is 20.3. The predicted octanol–water partition coefficient (Wildman–Crippen LogP) is 3.40. The lowest BCUT2D eigenvalue weighted by atomic mass is 9.84. The summed E-state index contributed by atoms with van der Waals surface area (Å²) in [6, 6.07) is 8.48. The van der Waals surface area contributed by atoms with Crippen LogP contribution >= 0.6 is 11.3 Å². The van der Waals surface area contributed by atoms with Crippen LogP contribution in [0.2, 0.25) is 0 Å². The summed E-state index contributed by atoms with van der Waals surface area (Å²) in [5.41, 5.74) is 1.37. The van der Waals surface area contributed by atoms with Crippen LogP contribution in [0.15, 0.2) is 35.2 Å². The summed E-state index contributed by atoms with van der Waals surface area (Å²) in [5.74, 6) is -0.143.